The van der Waals surface area contributed by atoms with Gasteiger partial charge in [-0.25, -0.2) is 0 Å². The molecule has 32 heavy (non-hydrogen) atoms. The number of benzene rings is 3. The van der Waals surface area contributed by atoms with Crippen LogP contribution in [0.5, 0.6) is 0 Å². The van der Waals surface area contributed by atoms with Gasteiger partial charge in [-0.15, -0.1) is 0 Å². The van der Waals surface area contributed by atoms with Gasteiger partial charge in [0.1, 0.15) is 7.11 Å². The molecule has 1 amide bonds. The highest BCUT2D eigenvalue weighted by molar-refractivity contribution is 6.04. The number of hydrogen-bond donors (Lipinski definition) is 1. The summed E-state index contributed by atoms with van der Waals surface area (Å²) in [5.41, 5.74) is 4.80. The van der Waals surface area contributed by atoms with Gasteiger partial charge >= 0.3 is 0 Å². The van der Waals surface area contributed by atoms with Crippen molar-refractivity contribution in [3.05, 3.63) is 95.6 Å². The molecule has 0 radical (unpaired) electrons. The number of rotatable bonds is 7. The zero-order valence-corrected chi connectivity index (χ0v) is 18.3. The van der Waals surface area contributed by atoms with E-state index in [4.69, 9.17) is 0 Å². The lowest BCUT2D eigenvalue weighted by atomic mass is 10.1. The summed E-state index contributed by atoms with van der Waals surface area (Å²) in [6, 6.07) is 25.9. The lowest BCUT2D eigenvalue weighted by Gasteiger charge is -2.36. The van der Waals surface area contributed by atoms with Crippen molar-refractivity contribution in [3.8, 4) is 0 Å². The molecule has 1 heterocycles. The Hall–Kier alpha value is -3.64. The van der Waals surface area contributed by atoms with Gasteiger partial charge in [-0.05, 0) is 47.5 Å². The Morgan fingerprint density at radius 3 is 2.28 bits per heavy atom. The smallest absolute Gasteiger partial charge is 0.255 e. The molecule has 1 N–H and O–H groups in total. The number of nitrogens with zero attached hydrogens (tertiary/aromatic N) is 3. The molecule has 0 spiro atoms. The number of hydrogen-bond acceptors (Lipinski definition) is 5. The lowest BCUT2D eigenvalue weighted by Crippen LogP contribution is -2.45. The maximum Gasteiger partial charge on any atom is 0.255 e. The van der Waals surface area contributed by atoms with E-state index in [1.165, 1.54) is 18.4 Å². The molecule has 1 aliphatic rings. The Morgan fingerprint density at radius 1 is 0.938 bits per heavy atom. The van der Waals surface area contributed by atoms with Gasteiger partial charge in [0.25, 0.3) is 5.91 Å². The average Bonchev–Trinajstić information content (AvgIpc) is 2.85. The van der Waals surface area contributed by atoms with Crippen molar-refractivity contribution in [3.63, 3.8) is 0 Å². The number of carbonyl (C=O) groups excluding carboxylic acids is 1. The molecule has 3 aromatic rings. The van der Waals surface area contributed by atoms with Crippen molar-refractivity contribution < 1.29 is 9.63 Å². The van der Waals surface area contributed by atoms with Crippen LogP contribution >= 0.6 is 0 Å². The second-order valence-electron chi connectivity index (χ2n) is 7.79. The Bertz CT molecular complexity index is 1030. The molecule has 164 valence electrons. The summed E-state index contributed by atoms with van der Waals surface area (Å²) in [7, 11) is 1.50. The van der Waals surface area contributed by atoms with Crippen molar-refractivity contribution in [1.29, 1.82) is 0 Å². The first-order chi connectivity index (χ1) is 15.7. The number of oxime groups is 1. The van der Waals surface area contributed by atoms with Crippen molar-refractivity contribution in [2.45, 2.75) is 6.54 Å². The Labute approximate surface area is 189 Å². The van der Waals surface area contributed by atoms with Gasteiger partial charge in [0.15, 0.2) is 0 Å². The fraction of sp³-hybridized carbons (Fsp3) is 0.231. The monoisotopic (exact) mass is 428 g/mol. The highest BCUT2D eigenvalue weighted by atomic mass is 16.6. The molecule has 6 heteroatoms. The van der Waals surface area contributed by atoms with Crippen LogP contribution in [0.3, 0.4) is 0 Å². The van der Waals surface area contributed by atoms with Crippen molar-refractivity contribution in [1.82, 2.24) is 4.90 Å². The number of piperazine rings is 1. The minimum Gasteiger partial charge on any atom is -0.399 e. The molecule has 0 saturated carbocycles. The van der Waals surface area contributed by atoms with Gasteiger partial charge in [-0.1, -0.05) is 47.6 Å². The van der Waals surface area contributed by atoms with Crippen LogP contribution in [0.1, 0.15) is 21.5 Å². The SMILES string of the molecule is CO/N=C/c1ccc(C(=O)Nc2ccc(N3CCN(Cc4ccccc4)CC3)cc2)cc1. The van der Waals surface area contributed by atoms with Crippen LogP contribution in [0.2, 0.25) is 0 Å². The molecule has 0 atom stereocenters. The summed E-state index contributed by atoms with van der Waals surface area (Å²) in [6.45, 7) is 5.07. The highest BCUT2D eigenvalue weighted by Crippen LogP contribution is 2.21. The standard InChI is InChI=1S/C26H28N4O2/c1-32-27-19-21-7-9-23(10-8-21)26(31)28-24-11-13-25(14-12-24)30-17-15-29(16-18-30)20-22-5-3-2-4-6-22/h2-14,19H,15-18,20H2,1H3,(H,28,31)/b27-19+. The summed E-state index contributed by atoms with van der Waals surface area (Å²) in [6.07, 6.45) is 1.60. The van der Waals surface area contributed by atoms with Crippen LogP contribution in [0.15, 0.2) is 84.0 Å². The second-order valence-corrected chi connectivity index (χ2v) is 7.79. The molecule has 0 bridgehead atoms. The lowest BCUT2D eigenvalue weighted by molar-refractivity contribution is 0.102. The zero-order chi connectivity index (χ0) is 22.2. The number of carbonyl (C=O) groups is 1. The van der Waals surface area contributed by atoms with Gasteiger partial charge < -0.3 is 15.1 Å². The number of nitrogens with one attached hydrogen (secondary N) is 1. The van der Waals surface area contributed by atoms with Crippen LogP contribution < -0.4 is 10.2 Å². The summed E-state index contributed by atoms with van der Waals surface area (Å²) in [5, 5.41) is 6.68. The quantitative estimate of drug-likeness (QED) is 0.452. The summed E-state index contributed by atoms with van der Waals surface area (Å²) < 4.78 is 0. The van der Waals surface area contributed by atoms with E-state index >= 15 is 0 Å². The fourth-order valence-electron chi connectivity index (χ4n) is 3.80. The van der Waals surface area contributed by atoms with E-state index < -0.39 is 0 Å². The molecule has 0 aromatic heterocycles. The highest BCUT2D eigenvalue weighted by Gasteiger charge is 2.17. The molecule has 0 aliphatic carbocycles. The molecule has 4 rings (SSSR count). The first-order valence-electron chi connectivity index (χ1n) is 10.8. The maximum atomic E-state index is 12.5. The molecule has 6 nitrogen and oxygen atoms in total. The van der Waals surface area contributed by atoms with Crippen LogP contribution in [0.4, 0.5) is 11.4 Å². The van der Waals surface area contributed by atoms with Gasteiger partial charge in [-0.3, -0.25) is 9.69 Å². The van der Waals surface area contributed by atoms with Gasteiger partial charge in [-0.2, -0.15) is 0 Å². The van der Waals surface area contributed by atoms with Crippen LogP contribution in [-0.4, -0.2) is 50.3 Å². The zero-order valence-electron chi connectivity index (χ0n) is 18.3. The Balaban J connectivity index is 1.28. The van der Waals surface area contributed by atoms with Gasteiger partial charge in [0.2, 0.25) is 0 Å². The minimum absolute atomic E-state index is 0.137. The third-order valence-corrected chi connectivity index (χ3v) is 5.59. The third-order valence-electron chi connectivity index (χ3n) is 5.59. The summed E-state index contributed by atoms with van der Waals surface area (Å²) in [4.78, 5) is 22.1. The maximum absolute atomic E-state index is 12.5. The average molecular weight is 429 g/mol. The first-order valence-corrected chi connectivity index (χ1v) is 10.8. The Morgan fingerprint density at radius 2 is 1.62 bits per heavy atom. The molecule has 1 saturated heterocycles. The van der Waals surface area contributed by atoms with Gasteiger partial charge in [0.05, 0.1) is 6.21 Å². The minimum atomic E-state index is -0.137. The largest absolute Gasteiger partial charge is 0.399 e. The molecule has 0 unspecified atom stereocenters. The molecular formula is C26H28N4O2. The Kier molecular flexibility index (Phi) is 7.15. The normalized spacial score (nSPS) is 14.5. The van der Waals surface area contributed by atoms with Gasteiger partial charge in [0, 0.05) is 49.7 Å². The second kappa shape index (κ2) is 10.6. The molecule has 3 aromatic carbocycles. The predicted molar refractivity (Wildman–Crippen MR) is 129 cm³/mol. The van der Waals surface area contributed by atoms with Crippen LogP contribution in [0, 0.1) is 0 Å². The molecular weight excluding hydrogens is 400 g/mol. The van der Waals surface area contributed by atoms with E-state index in [0.717, 1.165) is 44.0 Å². The molecule has 1 aliphatic heterocycles. The van der Waals surface area contributed by atoms with Crippen molar-refractivity contribution >= 4 is 23.5 Å². The van der Waals surface area contributed by atoms with Crippen LogP contribution in [-0.2, 0) is 11.4 Å². The number of amides is 1. The van der Waals surface area contributed by atoms with Crippen LogP contribution in [0.25, 0.3) is 0 Å². The van der Waals surface area contributed by atoms with E-state index in [9.17, 15) is 4.79 Å². The topological polar surface area (TPSA) is 57.2 Å². The van der Waals surface area contributed by atoms with Crippen molar-refractivity contribution in [2.75, 3.05) is 43.5 Å². The van der Waals surface area contributed by atoms with E-state index in [0.29, 0.717) is 5.56 Å². The summed E-state index contributed by atoms with van der Waals surface area (Å²) >= 11 is 0. The number of anilines is 2. The molecule has 1 fully saturated rings. The summed E-state index contributed by atoms with van der Waals surface area (Å²) in [5.74, 6) is -0.137. The van der Waals surface area contributed by atoms with E-state index in [1.807, 2.05) is 24.3 Å². The fourth-order valence-corrected chi connectivity index (χ4v) is 3.80. The predicted octanol–water partition coefficient (Wildman–Crippen LogP) is 4.24. The van der Waals surface area contributed by atoms with Crippen molar-refractivity contribution in [2.24, 2.45) is 5.16 Å². The van der Waals surface area contributed by atoms with E-state index in [1.54, 1.807) is 18.3 Å². The van der Waals surface area contributed by atoms with E-state index in [2.05, 4.69) is 67.6 Å². The van der Waals surface area contributed by atoms with E-state index in [-0.39, 0.29) is 5.91 Å². The first kappa shape index (κ1) is 21.6. The third kappa shape index (κ3) is 5.74.